The first-order chi connectivity index (χ1) is 15.0. The minimum atomic E-state index is -0.0145. The Bertz CT molecular complexity index is 1010. The summed E-state index contributed by atoms with van der Waals surface area (Å²) in [5, 5.41) is 9.67. The molecular formula is C23H26ClN5O2. The number of ether oxygens (including phenoxy) is 1. The maximum absolute atomic E-state index is 11.8. The highest BCUT2D eigenvalue weighted by molar-refractivity contribution is 6.30. The third-order valence-electron chi connectivity index (χ3n) is 5.72. The summed E-state index contributed by atoms with van der Waals surface area (Å²) in [6.07, 6.45) is 5.66. The number of rotatable bonds is 6. The average molecular weight is 440 g/mol. The number of hydrogen-bond donors (Lipinski definition) is 0. The first-order valence-corrected chi connectivity index (χ1v) is 10.9. The van der Waals surface area contributed by atoms with E-state index in [1.807, 2.05) is 42.5 Å². The standard InChI is InChI=1S/C23H26ClN5O2/c1-16(30)28(2)15-21-26-27-23(29(21)19-10-8-18(24)9-11-19)17-6-12-20(13-7-17)31-22-5-3-4-14-25-22/h3-5,8-11,14,17,20H,6-7,12-13,15H2,1-2H3/t17-,20-. The van der Waals surface area contributed by atoms with Gasteiger partial charge < -0.3 is 9.64 Å². The highest BCUT2D eigenvalue weighted by atomic mass is 35.5. The summed E-state index contributed by atoms with van der Waals surface area (Å²) in [5.41, 5.74) is 0.947. The summed E-state index contributed by atoms with van der Waals surface area (Å²) in [7, 11) is 1.77. The Balaban J connectivity index is 1.54. The van der Waals surface area contributed by atoms with Crippen LogP contribution in [0.5, 0.6) is 5.88 Å². The van der Waals surface area contributed by atoms with Gasteiger partial charge >= 0.3 is 0 Å². The number of pyridine rings is 1. The Hall–Kier alpha value is -2.93. The zero-order chi connectivity index (χ0) is 21.8. The van der Waals surface area contributed by atoms with Gasteiger partial charge in [0.1, 0.15) is 11.9 Å². The molecule has 0 radical (unpaired) electrons. The average Bonchev–Trinajstić information content (AvgIpc) is 3.19. The van der Waals surface area contributed by atoms with Gasteiger partial charge in [-0.3, -0.25) is 9.36 Å². The molecule has 1 saturated carbocycles. The van der Waals surface area contributed by atoms with Crippen LogP contribution < -0.4 is 4.74 Å². The summed E-state index contributed by atoms with van der Waals surface area (Å²) in [5.74, 6) is 2.58. The monoisotopic (exact) mass is 439 g/mol. The van der Waals surface area contributed by atoms with Crippen LogP contribution in [0.3, 0.4) is 0 Å². The summed E-state index contributed by atoms with van der Waals surface area (Å²) in [6.45, 7) is 1.94. The molecule has 0 spiro atoms. The largest absolute Gasteiger partial charge is 0.474 e. The fraction of sp³-hybridized carbons (Fsp3) is 0.391. The number of aromatic nitrogens is 4. The maximum atomic E-state index is 11.8. The zero-order valence-electron chi connectivity index (χ0n) is 17.7. The molecule has 0 saturated heterocycles. The smallest absolute Gasteiger partial charge is 0.219 e. The van der Waals surface area contributed by atoms with E-state index in [4.69, 9.17) is 16.3 Å². The first-order valence-electron chi connectivity index (χ1n) is 10.5. The Morgan fingerprint density at radius 3 is 2.52 bits per heavy atom. The first kappa shape index (κ1) is 21.3. The third-order valence-corrected chi connectivity index (χ3v) is 5.97. The van der Waals surface area contributed by atoms with E-state index in [0.717, 1.165) is 43.0 Å². The minimum Gasteiger partial charge on any atom is -0.474 e. The van der Waals surface area contributed by atoms with Crippen molar-refractivity contribution in [3.63, 3.8) is 0 Å². The lowest BCUT2D eigenvalue weighted by Crippen LogP contribution is -2.26. The van der Waals surface area contributed by atoms with Crippen molar-refractivity contribution in [2.45, 2.75) is 51.2 Å². The van der Waals surface area contributed by atoms with Gasteiger partial charge in [-0.25, -0.2) is 4.98 Å². The van der Waals surface area contributed by atoms with Crippen molar-refractivity contribution in [1.29, 1.82) is 0 Å². The van der Waals surface area contributed by atoms with E-state index in [-0.39, 0.29) is 17.9 Å². The zero-order valence-corrected chi connectivity index (χ0v) is 18.5. The molecule has 1 fully saturated rings. The van der Waals surface area contributed by atoms with Crippen molar-refractivity contribution in [2.75, 3.05) is 7.05 Å². The van der Waals surface area contributed by atoms with Crippen LogP contribution in [0, 0.1) is 0 Å². The van der Waals surface area contributed by atoms with E-state index in [2.05, 4.69) is 19.7 Å². The molecule has 0 aliphatic heterocycles. The van der Waals surface area contributed by atoms with E-state index in [9.17, 15) is 4.79 Å². The lowest BCUT2D eigenvalue weighted by Gasteiger charge is -2.28. The van der Waals surface area contributed by atoms with Crippen LogP contribution in [-0.4, -0.2) is 43.7 Å². The van der Waals surface area contributed by atoms with E-state index in [1.54, 1.807) is 25.1 Å². The van der Waals surface area contributed by atoms with Crippen LogP contribution in [0.1, 0.15) is 50.2 Å². The molecule has 162 valence electrons. The number of halogens is 1. The van der Waals surface area contributed by atoms with Gasteiger partial charge in [0.05, 0.1) is 6.54 Å². The topological polar surface area (TPSA) is 73.1 Å². The minimum absolute atomic E-state index is 0.0145. The summed E-state index contributed by atoms with van der Waals surface area (Å²) >= 11 is 6.10. The molecule has 1 aromatic carbocycles. The van der Waals surface area contributed by atoms with Crippen molar-refractivity contribution in [2.24, 2.45) is 0 Å². The molecule has 2 aromatic heterocycles. The molecule has 31 heavy (non-hydrogen) atoms. The van der Waals surface area contributed by atoms with Crippen LogP contribution >= 0.6 is 11.6 Å². The van der Waals surface area contributed by atoms with Crippen LogP contribution in [0.25, 0.3) is 5.69 Å². The Labute approximate surface area is 187 Å². The number of carbonyl (C=O) groups is 1. The summed E-state index contributed by atoms with van der Waals surface area (Å²) in [6, 6.07) is 13.3. The second-order valence-electron chi connectivity index (χ2n) is 7.92. The fourth-order valence-corrected chi connectivity index (χ4v) is 4.04. The van der Waals surface area contributed by atoms with Gasteiger partial charge in [-0.1, -0.05) is 17.7 Å². The lowest BCUT2D eigenvalue weighted by molar-refractivity contribution is -0.128. The van der Waals surface area contributed by atoms with Crippen molar-refractivity contribution in [3.8, 4) is 11.6 Å². The SMILES string of the molecule is CC(=O)N(C)Cc1nnc([C@H]2CC[C@H](Oc3ccccn3)CC2)n1-c1ccc(Cl)cc1. The molecule has 1 aliphatic carbocycles. The van der Waals surface area contributed by atoms with E-state index in [1.165, 1.54) is 0 Å². The summed E-state index contributed by atoms with van der Waals surface area (Å²) in [4.78, 5) is 17.7. The molecule has 4 rings (SSSR count). The predicted molar refractivity (Wildman–Crippen MR) is 118 cm³/mol. The maximum Gasteiger partial charge on any atom is 0.219 e. The quantitative estimate of drug-likeness (QED) is 0.569. The van der Waals surface area contributed by atoms with Gasteiger partial charge in [0.2, 0.25) is 11.8 Å². The second-order valence-corrected chi connectivity index (χ2v) is 8.36. The van der Waals surface area contributed by atoms with Crippen molar-refractivity contribution >= 4 is 17.5 Å². The number of benzene rings is 1. The Morgan fingerprint density at radius 2 is 1.87 bits per heavy atom. The molecule has 8 heteroatoms. The van der Waals surface area contributed by atoms with Crippen molar-refractivity contribution < 1.29 is 9.53 Å². The highest BCUT2D eigenvalue weighted by Crippen LogP contribution is 2.35. The fourth-order valence-electron chi connectivity index (χ4n) is 3.92. The van der Waals surface area contributed by atoms with Crippen LogP contribution in [0.15, 0.2) is 48.7 Å². The van der Waals surface area contributed by atoms with Crippen LogP contribution in [0.2, 0.25) is 5.02 Å². The van der Waals surface area contributed by atoms with Gasteiger partial charge in [0.25, 0.3) is 0 Å². The van der Waals surface area contributed by atoms with E-state index < -0.39 is 0 Å². The number of amides is 1. The normalized spacial score (nSPS) is 18.5. The lowest BCUT2D eigenvalue weighted by atomic mass is 9.86. The van der Waals surface area contributed by atoms with Crippen molar-refractivity contribution in [1.82, 2.24) is 24.6 Å². The molecule has 0 atom stereocenters. The van der Waals surface area contributed by atoms with Crippen molar-refractivity contribution in [3.05, 3.63) is 65.3 Å². The third kappa shape index (κ3) is 5.05. The van der Waals surface area contributed by atoms with Gasteiger partial charge in [0, 0.05) is 42.9 Å². The molecule has 3 aromatic rings. The Morgan fingerprint density at radius 1 is 1.13 bits per heavy atom. The van der Waals surface area contributed by atoms with Gasteiger partial charge in [-0.2, -0.15) is 0 Å². The number of carbonyl (C=O) groups excluding carboxylic acids is 1. The molecule has 0 bridgehead atoms. The van der Waals surface area contributed by atoms with E-state index in [0.29, 0.717) is 17.4 Å². The molecule has 0 unspecified atom stereocenters. The highest BCUT2D eigenvalue weighted by Gasteiger charge is 2.29. The van der Waals surface area contributed by atoms with Gasteiger partial charge in [-0.05, 0) is 56.0 Å². The van der Waals surface area contributed by atoms with E-state index >= 15 is 0 Å². The van der Waals surface area contributed by atoms with Crippen LogP contribution in [0.4, 0.5) is 0 Å². The number of hydrogen-bond acceptors (Lipinski definition) is 5. The molecule has 2 heterocycles. The molecule has 0 N–H and O–H groups in total. The van der Waals surface area contributed by atoms with Gasteiger partial charge in [0.15, 0.2) is 5.82 Å². The number of nitrogens with zero attached hydrogens (tertiary/aromatic N) is 5. The Kier molecular flexibility index (Phi) is 6.51. The van der Waals surface area contributed by atoms with Crippen LogP contribution in [-0.2, 0) is 11.3 Å². The molecular weight excluding hydrogens is 414 g/mol. The second kappa shape index (κ2) is 9.47. The molecule has 1 aliphatic rings. The molecule has 1 amide bonds. The van der Waals surface area contributed by atoms with Gasteiger partial charge in [-0.15, -0.1) is 10.2 Å². The summed E-state index contributed by atoms with van der Waals surface area (Å²) < 4.78 is 8.11. The molecule has 7 nitrogen and oxygen atoms in total. The predicted octanol–water partition coefficient (Wildman–Crippen LogP) is 4.40.